The normalized spacial score (nSPS) is 12.8. The Hall–Kier alpha value is -5.67. The highest BCUT2D eigenvalue weighted by atomic mass is 14.9. The van der Waals surface area contributed by atoms with Crippen LogP contribution < -0.4 is 0 Å². The van der Waals surface area contributed by atoms with Gasteiger partial charge in [0.25, 0.3) is 0 Å². The van der Waals surface area contributed by atoms with E-state index < -0.39 is 0 Å². The second-order valence-electron chi connectivity index (χ2n) is 12.1. The minimum atomic E-state index is -0.0367. The fourth-order valence-electron chi connectivity index (χ4n) is 6.59. The molecular weight excluding hydrogens is 546 g/mol. The lowest BCUT2D eigenvalue weighted by Gasteiger charge is -2.21. The fraction of sp³-hybridized carbons (Fsp3) is 0.0714. The highest BCUT2D eigenvalue weighted by Crippen LogP contribution is 2.49. The van der Waals surface area contributed by atoms with Crippen molar-refractivity contribution in [2.75, 3.05) is 0 Å². The van der Waals surface area contributed by atoms with Crippen molar-refractivity contribution < 1.29 is 0 Å². The van der Waals surface area contributed by atoms with Crippen molar-refractivity contribution in [2.24, 2.45) is 0 Å². The van der Waals surface area contributed by atoms with Crippen molar-refractivity contribution in [3.05, 3.63) is 163 Å². The molecule has 0 N–H and O–H groups in total. The summed E-state index contributed by atoms with van der Waals surface area (Å²) in [6.45, 7) is 4.64. The summed E-state index contributed by atoms with van der Waals surface area (Å²) in [6.07, 6.45) is 1.84. The van der Waals surface area contributed by atoms with Gasteiger partial charge in [0.05, 0.1) is 17.1 Å². The van der Waals surface area contributed by atoms with Gasteiger partial charge in [-0.25, -0.2) is 9.97 Å². The summed E-state index contributed by atoms with van der Waals surface area (Å²) in [4.78, 5) is 15.0. The third-order valence-corrected chi connectivity index (χ3v) is 8.93. The molecule has 0 spiro atoms. The largest absolute Gasteiger partial charge is 0.256 e. The molecule has 1 aliphatic rings. The summed E-state index contributed by atoms with van der Waals surface area (Å²) in [6, 6.07) is 51.1. The van der Waals surface area contributed by atoms with E-state index in [9.17, 15) is 0 Å². The molecule has 0 bridgehead atoms. The molecule has 2 heterocycles. The Labute approximate surface area is 264 Å². The topological polar surface area (TPSA) is 38.7 Å². The SMILES string of the molecule is CC1(C)c2ccccc2-c2cc(-c3cc(-c4ccccn4)cc(-c4nc(-c5ccccc5)cc(-c5ccccc5)n4)c3)ccc21. The van der Waals surface area contributed by atoms with Crippen LogP contribution in [0.2, 0.25) is 0 Å². The molecule has 0 amide bonds. The van der Waals surface area contributed by atoms with Gasteiger partial charge in [0.15, 0.2) is 5.82 Å². The summed E-state index contributed by atoms with van der Waals surface area (Å²) >= 11 is 0. The predicted molar refractivity (Wildman–Crippen MR) is 185 cm³/mol. The number of hydrogen-bond donors (Lipinski definition) is 0. The molecule has 0 fully saturated rings. The van der Waals surface area contributed by atoms with Crippen molar-refractivity contribution >= 4 is 0 Å². The number of pyridine rings is 1. The van der Waals surface area contributed by atoms with Crippen LogP contribution in [0.15, 0.2) is 152 Å². The molecule has 0 saturated heterocycles. The number of benzene rings is 5. The summed E-state index contributed by atoms with van der Waals surface area (Å²) in [5.74, 6) is 0.682. The van der Waals surface area contributed by atoms with Gasteiger partial charge in [0.2, 0.25) is 0 Å². The first-order chi connectivity index (χ1) is 22.0. The molecule has 7 aromatic rings. The van der Waals surface area contributed by atoms with E-state index in [1.165, 1.54) is 22.3 Å². The van der Waals surface area contributed by atoms with Crippen LogP contribution in [0, 0.1) is 0 Å². The molecule has 5 aromatic carbocycles. The first-order valence-electron chi connectivity index (χ1n) is 15.4. The Morgan fingerprint density at radius 1 is 0.400 bits per heavy atom. The molecule has 0 aliphatic heterocycles. The zero-order valence-electron chi connectivity index (χ0n) is 25.3. The van der Waals surface area contributed by atoms with E-state index in [2.05, 4.69) is 111 Å². The quantitative estimate of drug-likeness (QED) is 0.204. The summed E-state index contributed by atoms with van der Waals surface area (Å²) < 4.78 is 0. The molecule has 8 rings (SSSR count). The van der Waals surface area contributed by atoms with E-state index >= 15 is 0 Å². The van der Waals surface area contributed by atoms with Gasteiger partial charge in [-0.3, -0.25) is 4.98 Å². The standard InChI is InChI=1S/C42H31N3/c1-42(2)36-18-10-9-17-34(36)35-26-30(20-21-37(35)42)31-23-32(38-19-11-12-22-43-38)25-33(24-31)41-44-39(28-13-5-3-6-14-28)27-40(45-41)29-15-7-4-8-16-29/h3-27H,1-2H3. The van der Waals surface area contributed by atoms with Crippen molar-refractivity contribution in [1.82, 2.24) is 15.0 Å². The maximum absolute atomic E-state index is 5.14. The van der Waals surface area contributed by atoms with Crippen molar-refractivity contribution in [3.63, 3.8) is 0 Å². The van der Waals surface area contributed by atoms with Gasteiger partial charge < -0.3 is 0 Å². The molecule has 1 aliphatic carbocycles. The number of rotatable bonds is 5. The van der Waals surface area contributed by atoms with E-state index in [4.69, 9.17) is 15.0 Å². The molecule has 214 valence electrons. The predicted octanol–water partition coefficient (Wildman–Crippen LogP) is 10.5. The second-order valence-corrected chi connectivity index (χ2v) is 12.1. The molecule has 2 aromatic heterocycles. The number of nitrogens with zero attached hydrogens (tertiary/aromatic N) is 3. The molecule has 0 radical (unpaired) electrons. The van der Waals surface area contributed by atoms with Gasteiger partial charge in [0, 0.05) is 33.9 Å². The van der Waals surface area contributed by atoms with E-state index in [1.54, 1.807) is 0 Å². The lowest BCUT2D eigenvalue weighted by atomic mass is 9.82. The third kappa shape index (κ3) is 4.83. The van der Waals surface area contributed by atoms with Gasteiger partial charge in [-0.1, -0.05) is 117 Å². The lowest BCUT2D eigenvalue weighted by Crippen LogP contribution is -2.14. The molecule has 0 unspecified atom stereocenters. The van der Waals surface area contributed by atoms with Gasteiger partial charge in [-0.05, 0) is 75.8 Å². The Morgan fingerprint density at radius 2 is 1.00 bits per heavy atom. The molecule has 3 nitrogen and oxygen atoms in total. The molecule has 45 heavy (non-hydrogen) atoms. The van der Waals surface area contributed by atoms with Crippen LogP contribution in [0.5, 0.6) is 0 Å². The van der Waals surface area contributed by atoms with Crippen molar-refractivity contribution in [3.8, 4) is 67.4 Å². The van der Waals surface area contributed by atoms with E-state index in [0.717, 1.165) is 50.5 Å². The van der Waals surface area contributed by atoms with Gasteiger partial charge in [-0.15, -0.1) is 0 Å². The lowest BCUT2D eigenvalue weighted by molar-refractivity contribution is 0.660. The molecule has 3 heteroatoms. The number of hydrogen-bond acceptors (Lipinski definition) is 3. The minimum absolute atomic E-state index is 0.0367. The number of fused-ring (bicyclic) bond motifs is 3. The Morgan fingerprint density at radius 3 is 1.69 bits per heavy atom. The maximum Gasteiger partial charge on any atom is 0.160 e. The zero-order chi connectivity index (χ0) is 30.4. The number of aromatic nitrogens is 3. The zero-order valence-corrected chi connectivity index (χ0v) is 25.3. The Kier molecular flexibility index (Phi) is 6.46. The second kappa shape index (κ2) is 10.8. The maximum atomic E-state index is 5.14. The van der Waals surface area contributed by atoms with Crippen LogP contribution in [-0.2, 0) is 5.41 Å². The molecule has 0 atom stereocenters. The van der Waals surface area contributed by atoms with Gasteiger partial charge in [-0.2, -0.15) is 0 Å². The average molecular weight is 578 g/mol. The van der Waals surface area contributed by atoms with Gasteiger partial charge in [0.1, 0.15) is 0 Å². The van der Waals surface area contributed by atoms with E-state index in [-0.39, 0.29) is 5.41 Å². The highest BCUT2D eigenvalue weighted by Gasteiger charge is 2.35. The summed E-state index contributed by atoms with van der Waals surface area (Å²) in [5.41, 5.74) is 14.3. The molecule has 0 saturated carbocycles. The van der Waals surface area contributed by atoms with Crippen LogP contribution >= 0.6 is 0 Å². The summed E-state index contributed by atoms with van der Waals surface area (Å²) in [7, 11) is 0. The first-order valence-corrected chi connectivity index (χ1v) is 15.4. The van der Waals surface area contributed by atoms with E-state index in [0.29, 0.717) is 5.82 Å². The fourth-order valence-corrected chi connectivity index (χ4v) is 6.59. The Bertz CT molecular complexity index is 2110. The average Bonchev–Trinajstić information content (AvgIpc) is 3.34. The highest BCUT2D eigenvalue weighted by molar-refractivity contribution is 5.86. The van der Waals surface area contributed by atoms with Crippen LogP contribution in [0.25, 0.3) is 67.4 Å². The monoisotopic (exact) mass is 577 g/mol. The van der Waals surface area contributed by atoms with Crippen molar-refractivity contribution in [2.45, 2.75) is 19.3 Å². The van der Waals surface area contributed by atoms with E-state index in [1.807, 2.05) is 54.7 Å². The minimum Gasteiger partial charge on any atom is -0.256 e. The van der Waals surface area contributed by atoms with Gasteiger partial charge >= 0.3 is 0 Å². The van der Waals surface area contributed by atoms with Crippen LogP contribution in [0.3, 0.4) is 0 Å². The van der Waals surface area contributed by atoms with Crippen LogP contribution in [0.4, 0.5) is 0 Å². The third-order valence-electron chi connectivity index (χ3n) is 8.93. The first kappa shape index (κ1) is 26.9. The van der Waals surface area contributed by atoms with Crippen molar-refractivity contribution in [1.29, 1.82) is 0 Å². The Balaban J connectivity index is 1.34. The smallest absolute Gasteiger partial charge is 0.160 e. The van der Waals surface area contributed by atoms with Crippen LogP contribution in [0.1, 0.15) is 25.0 Å². The summed E-state index contributed by atoms with van der Waals surface area (Å²) in [5, 5.41) is 0. The molecular formula is C42H31N3. The van der Waals surface area contributed by atoms with Crippen LogP contribution in [-0.4, -0.2) is 15.0 Å².